The first kappa shape index (κ1) is 14.5. The molecule has 0 bridgehead atoms. The van der Waals surface area contributed by atoms with Gasteiger partial charge in [-0.25, -0.2) is 4.79 Å². The highest BCUT2D eigenvalue weighted by Crippen LogP contribution is 2.30. The van der Waals surface area contributed by atoms with Crippen LogP contribution in [0.3, 0.4) is 0 Å². The summed E-state index contributed by atoms with van der Waals surface area (Å²) in [5.74, 6) is -1.06. The number of carbonyl (C=O) groups is 2. The number of rotatable bonds is 3. The number of ether oxygens (including phenoxy) is 1. The van der Waals surface area contributed by atoms with E-state index >= 15 is 0 Å². The molecule has 1 N–H and O–H groups in total. The molecular weight excluding hydrogens is 258 g/mol. The minimum Gasteiger partial charge on any atom is -0.478 e. The number of fused-ring (bicyclic) bond motifs is 1. The molecule has 0 saturated heterocycles. The Kier molecular flexibility index (Phi) is 3.81. The zero-order chi connectivity index (χ0) is 14.9. The van der Waals surface area contributed by atoms with E-state index in [1.54, 1.807) is 30.9 Å². The van der Waals surface area contributed by atoms with Crippen LogP contribution in [-0.2, 0) is 16.0 Å². The highest BCUT2D eigenvalue weighted by atomic mass is 16.5. The van der Waals surface area contributed by atoms with E-state index < -0.39 is 11.6 Å². The minimum absolute atomic E-state index is 0.107. The standard InChI is InChI=1S/C15H19NO4/c1-15(2,20-3)14(19)16-8-4-5-10-9-11(13(17)18)6-7-12(10)16/h6-7,9H,4-5,8H2,1-3H3,(H,17,18). The molecule has 1 aromatic carbocycles. The quantitative estimate of drug-likeness (QED) is 0.918. The van der Waals surface area contributed by atoms with E-state index in [-0.39, 0.29) is 11.5 Å². The molecule has 0 fully saturated rings. The summed E-state index contributed by atoms with van der Waals surface area (Å²) in [5.41, 5.74) is 1.05. The molecule has 1 aromatic rings. The SMILES string of the molecule is COC(C)(C)C(=O)N1CCCc2cc(C(=O)O)ccc21. The molecule has 1 heterocycles. The second kappa shape index (κ2) is 5.25. The van der Waals surface area contributed by atoms with Crippen molar-refractivity contribution >= 4 is 17.6 Å². The maximum Gasteiger partial charge on any atom is 0.335 e. The van der Waals surface area contributed by atoms with Crippen LogP contribution in [0.25, 0.3) is 0 Å². The Morgan fingerprint density at radius 2 is 2.05 bits per heavy atom. The number of hydrogen-bond acceptors (Lipinski definition) is 3. The molecule has 0 radical (unpaired) electrons. The van der Waals surface area contributed by atoms with Gasteiger partial charge in [0.25, 0.3) is 5.91 Å². The summed E-state index contributed by atoms with van der Waals surface area (Å²) in [6.45, 7) is 4.09. The van der Waals surface area contributed by atoms with Gasteiger partial charge in [0, 0.05) is 19.3 Å². The average Bonchev–Trinajstić information content (AvgIpc) is 2.45. The van der Waals surface area contributed by atoms with Crippen LogP contribution in [0, 0.1) is 0 Å². The van der Waals surface area contributed by atoms with Crippen molar-refractivity contribution in [2.75, 3.05) is 18.6 Å². The Morgan fingerprint density at radius 3 is 2.65 bits per heavy atom. The van der Waals surface area contributed by atoms with Gasteiger partial charge in [0.05, 0.1) is 5.56 Å². The lowest BCUT2D eigenvalue weighted by Crippen LogP contribution is -2.48. The van der Waals surface area contributed by atoms with Crippen LogP contribution < -0.4 is 4.90 Å². The molecule has 1 aliphatic heterocycles. The van der Waals surface area contributed by atoms with E-state index in [2.05, 4.69) is 0 Å². The molecule has 1 amide bonds. The van der Waals surface area contributed by atoms with Crippen molar-refractivity contribution in [1.82, 2.24) is 0 Å². The van der Waals surface area contributed by atoms with E-state index in [0.717, 1.165) is 24.1 Å². The number of methoxy groups -OCH3 is 1. The number of anilines is 1. The Morgan fingerprint density at radius 1 is 1.35 bits per heavy atom. The maximum absolute atomic E-state index is 12.5. The normalized spacial score (nSPS) is 14.8. The monoisotopic (exact) mass is 277 g/mol. The number of hydrogen-bond donors (Lipinski definition) is 1. The first-order valence-corrected chi connectivity index (χ1v) is 6.60. The molecule has 20 heavy (non-hydrogen) atoms. The fourth-order valence-electron chi connectivity index (χ4n) is 2.35. The van der Waals surface area contributed by atoms with E-state index in [1.165, 1.54) is 13.2 Å². The summed E-state index contributed by atoms with van der Waals surface area (Å²) in [5, 5.41) is 9.03. The van der Waals surface area contributed by atoms with Crippen molar-refractivity contribution in [3.05, 3.63) is 29.3 Å². The summed E-state index contributed by atoms with van der Waals surface area (Å²) in [7, 11) is 1.51. The third-order valence-corrected chi connectivity index (χ3v) is 3.72. The van der Waals surface area contributed by atoms with E-state index in [1.807, 2.05) is 0 Å². The molecule has 0 unspecified atom stereocenters. The Labute approximate surface area is 118 Å². The van der Waals surface area contributed by atoms with Crippen LogP contribution in [0.15, 0.2) is 18.2 Å². The predicted octanol–water partition coefficient (Wildman–Crippen LogP) is 2.09. The number of carboxylic acid groups (broad SMARTS) is 1. The predicted molar refractivity (Wildman–Crippen MR) is 75.2 cm³/mol. The molecule has 5 heteroatoms. The maximum atomic E-state index is 12.5. The number of aromatic carboxylic acids is 1. The molecule has 0 spiro atoms. The number of benzene rings is 1. The summed E-state index contributed by atoms with van der Waals surface area (Å²) in [6.07, 6.45) is 1.61. The van der Waals surface area contributed by atoms with Gasteiger partial charge < -0.3 is 14.7 Å². The van der Waals surface area contributed by atoms with Crippen LogP contribution in [0.4, 0.5) is 5.69 Å². The second-order valence-corrected chi connectivity index (χ2v) is 5.42. The summed E-state index contributed by atoms with van der Waals surface area (Å²) in [4.78, 5) is 25.2. The number of carbonyl (C=O) groups excluding carboxylic acids is 1. The molecule has 0 atom stereocenters. The van der Waals surface area contributed by atoms with Gasteiger partial charge >= 0.3 is 5.97 Å². The molecular formula is C15H19NO4. The lowest BCUT2D eigenvalue weighted by atomic mass is 9.97. The smallest absolute Gasteiger partial charge is 0.335 e. The van der Waals surface area contributed by atoms with Gasteiger partial charge in [0.1, 0.15) is 5.60 Å². The van der Waals surface area contributed by atoms with Crippen molar-refractivity contribution in [3.8, 4) is 0 Å². The van der Waals surface area contributed by atoms with Gasteiger partial charge in [-0.2, -0.15) is 0 Å². The van der Waals surface area contributed by atoms with Gasteiger partial charge in [-0.15, -0.1) is 0 Å². The number of aryl methyl sites for hydroxylation is 1. The Hall–Kier alpha value is -1.88. The van der Waals surface area contributed by atoms with E-state index in [0.29, 0.717) is 6.54 Å². The molecule has 0 aliphatic carbocycles. The Bertz CT molecular complexity index is 551. The fourth-order valence-corrected chi connectivity index (χ4v) is 2.35. The molecule has 0 aromatic heterocycles. The van der Waals surface area contributed by atoms with Crippen LogP contribution in [0.2, 0.25) is 0 Å². The summed E-state index contributed by atoms with van der Waals surface area (Å²) in [6, 6.07) is 4.89. The van der Waals surface area contributed by atoms with Gasteiger partial charge in [-0.1, -0.05) is 0 Å². The molecule has 0 saturated carbocycles. The molecule has 1 aliphatic rings. The third kappa shape index (κ3) is 2.54. The number of carboxylic acids is 1. The van der Waals surface area contributed by atoms with Gasteiger partial charge in [-0.3, -0.25) is 4.79 Å². The Balaban J connectivity index is 2.38. The van der Waals surface area contributed by atoms with Crippen LogP contribution >= 0.6 is 0 Å². The second-order valence-electron chi connectivity index (χ2n) is 5.42. The number of amides is 1. The average molecular weight is 277 g/mol. The van der Waals surface area contributed by atoms with Crippen molar-refractivity contribution in [2.45, 2.75) is 32.3 Å². The highest BCUT2D eigenvalue weighted by molar-refractivity contribution is 6.00. The van der Waals surface area contributed by atoms with Crippen molar-refractivity contribution in [3.63, 3.8) is 0 Å². The van der Waals surface area contributed by atoms with E-state index in [4.69, 9.17) is 9.84 Å². The van der Waals surface area contributed by atoms with Crippen LogP contribution in [0.5, 0.6) is 0 Å². The van der Waals surface area contributed by atoms with Gasteiger partial charge in [0.15, 0.2) is 0 Å². The zero-order valence-corrected chi connectivity index (χ0v) is 12.0. The molecule has 2 rings (SSSR count). The largest absolute Gasteiger partial charge is 0.478 e. The molecule has 5 nitrogen and oxygen atoms in total. The summed E-state index contributed by atoms with van der Waals surface area (Å²) < 4.78 is 5.24. The fraction of sp³-hybridized carbons (Fsp3) is 0.467. The lowest BCUT2D eigenvalue weighted by molar-refractivity contribution is -0.136. The minimum atomic E-state index is -0.950. The summed E-state index contributed by atoms with van der Waals surface area (Å²) >= 11 is 0. The first-order valence-electron chi connectivity index (χ1n) is 6.60. The van der Waals surface area contributed by atoms with Crippen molar-refractivity contribution in [1.29, 1.82) is 0 Å². The van der Waals surface area contributed by atoms with Crippen LogP contribution in [0.1, 0.15) is 36.2 Å². The number of nitrogens with zero attached hydrogens (tertiary/aromatic N) is 1. The first-order chi connectivity index (χ1) is 9.36. The van der Waals surface area contributed by atoms with Gasteiger partial charge in [0.2, 0.25) is 0 Å². The van der Waals surface area contributed by atoms with Crippen LogP contribution in [-0.4, -0.2) is 36.2 Å². The topological polar surface area (TPSA) is 66.8 Å². The third-order valence-electron chi connectivity index (χ3n) is 3.72. The van der Waals surface area contributed by atoms with Crippen molar-refractivity contribution < 1.29 is 19.4 Å². The van der Waals surface area contributed by atoms with E-state index in [9.17, 15) is 9.59 Å². The highest BCUT2D eigenvalue weighted by Gasteiger charge is 2.34. The molecule has 108 valence electrons. The van der Waals surface area contributed by atoms with Crippen molar-refractivity contribution in [2.24, 2.45) is 0 Å². The lowest BCUT2D eigenvalue weighted by Gasteiger charge is -2.35. The zero-order valence-electron chi connectivity index (χ0n) is 12.0. The van der Waals surface area contributed by atoms with Gasteiger partial charge in [-0.05, 0) is 50.5 Å².